The maximum Gasteiger partial charge on any atom is 0.326 e. The first kappa shape index (κ1) is 17.6. The predicted molar refractivity (Wildman–Crippen MR) is 84.0 cm³/mol. The first-order valence-electron chi connectivity index (χ1n) is 7.18. The summed E-state index contributed by atoms with van der Waals surface area (Å²) in [5.74, 6) is -1.33. The molecule has 6 heteroatoms. The van der Waals surface area contributed by atoms with Crippen LogP contribution in [-0.4, -0.2) is 28.0 Å². The van der Waals surface area contributed by atoms with Crippen molar-refractivity contribution >= 4 is 23.2 Å². The molecule has 0 aliphatic carbocycles. The van der Waals surface area contributed by atoms with Gasteiger partial charge in [-0.05, 0) is 13.3 Å². The van der Waals surface area contributed by atoms with Gasteiger partial charge in [0.05, 0.1) is 10.7 Å². The highest BCUT2D eigenvalue weighted by Gasteiger charge is 2.26. The lowest BCUT2D eigenvalue weighted by Gasteiger charge is -2.14. The Bertz CT molecular complexity index is 517. The van der Waals surface area contributed by atoms with E-state index in [0.717, 1.165) is 17.8 Å². The van der Waals surface area contributed by atoms with Crippen molar-refractivity contribution in [2.24, 2.45) is 0 Å². The Balaban J connectivity index is 2.88. The Morgan fingerprint density at radius 3 is 2.43 bits per heavy atom. The molecule has 1 rings (SSSR count). The molecule has 1 atom stereocenters. The first-order valence-corrected chi connectivity index (χ1v) is 8.00. The van der Waals surface area contributed by atoms with E-state index in [4.69, 9.17) is 0 Å². The van der Waals surface area contributed by atoms with Gasteiger partial charge in [0.15, 0.2) is 0 Å². The number of aliphatic carboxylic acids is 1. The molecule has 0 unspecified atom stereocenters. The van der Waals surface area contributed by atoms with Gasteiger partial charge in [0, 0.05) is 5.41 Å². The zero-order valence-corrected chi connectivity index (χ0v) is 14.1. The Labute approximate surface area is 129 Å². The molecule has 21 heavy (non-hydrogen) atoms. The number of carboxylic acid groups (broad SMARTS) is 1. The number of nitrogens with one attached hydrogen (secondary N) is 1. The van der Waals surface area contributed by atoms with Crippen LogP contribution in [0, 0.1) is 6.92 Å². The average molecular weight is 312 g/mol. The Morgan fingerprint density at radius 1 is 1.38 bits per heavy atom. The standard InChI is InChI=1S/C15H24N2O3S/c1-6-7-8-10(13(19)20)17-12(18)11-9(2)16-14(21-11)15(3,4)5/h10H,6-8H2,1-5H3,(H,17,18)(H,19,20)/t10-/m0/s1. The molecule has 0 aliphatic rings. The van der Waals surface area contributed by atoms with E-state index in [1.54, 1.807) is 6.92 Å². The van der Waals surface area contributed by atoms with Crippen molar-refractivity contribution in [1.29, 1.82) is 0 Å². The molecule has 0 bridgehead atoms. The largest absolute Gasteiger partial charge is 0.480 e. The fourth-order valence-corrected chi connectivity index (χ4v) is 2.84. The van der Waals surface area contributed by atoms with Gasteiger partial charge < -0.3 is 10.4 Å². The first-order chi connectivity index (χ1) is 9.66. The second kappa shape index (κ2) is 7.02. The lowest BCUT2D eigenvalue weighted by atomic mass is 9.98. The van der Waals surface area contributed by atoms with Crippen LogP contribution in [0.5, 0.6) is 0 Å². The van der Waals surface area contributed by atoms with Gasteiger partial charge in [0.1, 0.15) is 10.9 Å². The number of carbonyl (C=O) groups excluding carboxylic acids is 1. The van der Waals surface area contributed by atoms with E-state index in [-0.39, 0.29) is 11.3 Å². The number of unbranched alkanes of at least 4 members (excludes halogenated alkanes) is 1. The normalized spacial score (nSPS) is 13.0. The van der Waals surface area contributed by atoms with Crippen molar-refractivity contribution < 1.29 is 14.7 Å². The van der Waals surface area contributed by atoms with E-state index in [0.29, 0.717) is 17.0 Å². The van der Waals surface area contributed by atoms with E-state index >= 15 is 0 Å². The van der Waals surface area contributed by atoms with Gasteiger partial charge in [0.25, 0.3) is 5.91 Å². The van der Waals surface area contributed by atoms with Crippen LogP contribution in [0.2, 0.25) is 0 Å². The number of hydrogen-bond acceptors (Lipinski definition) is 4. The van der Waals surface area contributed by atoms with Gasteiger partial charge in [-0.15, -0.1) is 11.3 Å². The van der Waals surface area contributed by atoms with E-state index in [9.17, 15) is 14.7 Å². The molecule has 118 valence electrons. The topological polar surface area (TPSA) is 79.3 Å². The summed E-state index contributed by atoms with van der Waals surface area (Å²) >= 11 is 1.34. The fraction of sp³-hybridized carbons (Fsp3) is 0.667. The highest BCUT2D eigenvalue weighted by Crippen LogP contribution is 2.29. The summed E-state index contributed by atoms with van der Waals surface area (Å²) in [5.41, 5.74) is 0.532. The summed E-state index contributed by atoms with van der Waals surface area (Å²) in [6, 6.07) is -0.836. The van der Waals surface area contributed by atoms with Gasteiger partial charge in [-0.25, -0.2) is 9.78 Å². The maximum atomic E-state index is 12.3. The molecule has 0 fully saturated rings. The number of aromatic nitrogens is 1. The zero-order chi connectivity index (χ0) is 16.2. The number of thiazole rings is 1. The number of carboxylic acids is 1. The van der Waals surface area contributed by atoms with Gasteiger partial charge in [-0.1, -0.05) is 40.5 Å². The summed E-state index contributed by atoms with van der Waals surface area (Å²) in [6.07, 6.45) is 2.11. The summed E-state index contributed by atoms with van der Waals surface area (Å²) in [6.45, 7) is 9.88. The van der Waals surface area contributed by atoms with Crippen LogP contribution in [0.3, 0.4) is 0 Å². The van der Waals surface area contributed by atoms with E-state index < -0.39 is 12.0 Å². The van der Waals surface area contributed by atoms with E-state index in [1.807, 2.05) is 27.7 Å². The molecule has 5 nitrogen and oxygen atoms in total. The van der Waals surface area contributed by atoms with E-state index in [2.05, 4.69) is 10.3 Å². The van der Waals surface area contributed by atoms with Crippen molar-refractivity contribution in [3.8, 4) is 0 Å². The molecular formula is C15H24N2O3S. The number of aryl methyl sites for hydroxylation is 1. The maximum absolute atomic E-state index is 12.3. The molecule has 2 N–H and O–H groups in total. The van der Waals surface area contributed by atoms with Crippen molar-refractivity contribution in [3.05, 3.63) is 15.6 Å². The quantitative estimate of drug-likeness (QED) is 0.846. The third kappa shape index (κ3) is 4.81. The average Bonchev–Trinajstić information content (AvgIpc) is 2.76. The van der Waals surface area contributed by atoms with Crippen LogP contribution in [0.4, 0.5) is 0 Å². The number of rotatable bonds is 6. The van der Waals surface area contributed by atoms with Crippen LogP contribution in [0.25, 0.3) is 0 Å². The van der Waals surface area contributed by atoms with Gasteiger partial charge in [-0.3, -0.25) is 4.79 Å². The van der Waals surface area contributed by atoms with Crippen molar-refractivity contribution in [2.45, 2.75) is 65.3 Å². The van der Waals surface area contributed by atoms with Crippen LogP contribution >= 0.6 is 11.3 Å². The van der Waals surface area contributed by atoms with Gasteiger partial charge >= 0.3 is 5.97 Å². The minimum absolute atomic E-state index is 0.123. The summed E-state index contributed by atoms with van der Waals surface area (Å²) in [4.78, 5) is 28.4. The summed E-state index contributed by atoms with van der Waals surface area (Å²) < 4.78 is 0. The third-order valence-electron chi connectivity index (χ3n) is 3.09. The SMILES string of the molecule is CCCC[C@H](NC(=O)c1sc(C(C)(C)C)nc1C)C(=O)O. The Hall–Kier alpha value is -1.43. The molecule has 0 aliphatic heterocycles. The highest BCUT2D eigenvalue weighted by atomic mass is 32.1. The van der Waals surface area contributed by atoms with Crippen molar-refractivity contribution in [1.82, 2.24) is 10.3 Å². The minimum Gasteiger partial charge on any atom is -0.480 e. The van der Waals surface area contributed by atoms with Crippen LogP contribution in [-0.2, 0) is 10.2 Å². The van der Waals surface area contributed by atoms with Gasteiger partial charge in [-0.2, -0.15) is 0 Å². The molecule has 1 aromatic heterocycles. The molecule has 1 aromatic rings. The molecule has 0 saturated heterocycles. The molecule has 0 radical (unpaired) electrons. The zero-order valence-electron chi connectivity index (χ0n) is 13.3. The van der Waals surface area contributed by atoms with Crippen LogP contribution in [0.15, 0.2) is 0 Å². The lowest BCUT2D eigenvalue weighted by Crippen LogP contribution is -2.40. The molecule has 0 spiro atoms. The van der Waals surface area contributed by atoms with Crippen LogP contribution < -0.4 is 5.32 Å². The molecule has 0 saturated carbocycles. The number of amides is 1. The smallest absolute Gasteiger partial charge is 0.326 e. The Morgan fingerprint density at radius 2 is 2.00 bits per heavy atom. The van der Waals surface area contributed by atoms with E-state index in [1.165, 1.54) is 11.3 Å². The predicted octanol–water partition coefficient (Wildman–Crippen LogP) is 3.12. The molecule has 0 aromatic carbocycles. The molecule has 1 amide bonds. The number of hydrogen-bond donors (Lipinski definition) is 2. The minimum atomic E-state index is -0.991. The summed E-state index contributed by atoms with van der Waals surface area (Å²) in [5, 5.41) is 12.7. The second-order valence-electron chi connectivity index (χ2n) is 6.19. The molecular weight excluding hydrogens is 288 g/mol. The van der Waals surface area contributed by atoms with Gasteiger partial charge in [0.2, 0.25) is 0 Å². The monoisotopic (exact) mass is 312 g/mol. The lowest BCUT2D eigenvalue weighted by molar-refractivity contribution is -0.139. The van der Waals surface area contributed by atoms with Crippen LogP contribution in [0.1, 0.15) is 67.3 Å². The third-order valence-corrected chi connectivity index (χ3v) is 4.68. The second-order valence-corrected chi connectivity index (χ2v) is 7.19. The van der Waals surface area contributed by atoms with Crippen molar-refractivity contribution in [2.75, 3.05) is 0 Å². The Kier molecular flexibility index (Phi) is 5.89. The summed E-state index contributed by atoms with van der Waals surface area (Å²) in [7, 11) is 0. The number of nitrogens with zero attached hydrogens (tertiary/aromatic N) is 1. The fourth-order valence-electron chi connectivity index (χ4n) is 1.82. The molecule has 1 heterocycles. The van der Waals surface area contributed by atoms with Crippen molar-refractivity contribution in [3.63, 3.8) is 0 Å². The highest BCUT2D eigenvalue weighted by molar-refractivity contribution is 7.14. The number of carbonyl (C=O) groups is 2.